The molecule has 4 heteroatoms. The minimum Gasteiger partial charge on any atom is -0.411 e. The van der Waals surface area contributed by atoms with Crippen LogP contribution in [-0.4, -0.2) is 28.1 Å². The van der Waals surface area contributed by atoms with Crippen molar-refractivity contribution < 1.29 is 10.3 Å². The predicted molar refractivity (Wildman–Crippen MR) is 119 cm³/mol. The van der Waals surface area contributed by atoms with Gasteiger partial charge in [-0.15, -0.1) is 0 Å². The molecule has 0 aliphatic heterocycles. The molecule has 3 saturated carbocycles. The van der Waals surface area contributed by atoms with Crippen molar-refractivity contribution in [1.29, 1.82) is 0 Å². The van der Waals surface area contributed by atoms with Gasteiger partial charge in [0.1, 0.15) is 0 Å². The van der Waals surface area contributed by atoms with Gasteiger partial charge in [-0.05, 0) is 102 Å². The van der Waals surface area contributed by atoms with Crippen LogP contribution in [0.4, 0.5) is 0 Å². The van der Waals surface area contributed by atoms with Crippen molar-refractivity contribution in [2.75, 3.05) is 7.11 Å². The molecular weight excluding hydrogens is 372 g/mol. The average molecular weight is 407 g/mol. The minimum atomic E-state index is 0.307. The van der Waals surface area contributed by atoms with E-state index in [4.69, 9.17) is 5.11 Å². The van der Waals surface area contributed by atoms with E-state index in [9.17, 15) is 5.21 Å². The lowest BCUT2D eigenvalue weighted by molar-refractivity contribution is -0.0269. The molecule has 0 spiro atoms. The minimum absolute atomic E-state index is 0.307. The van der Waals surface area contributed by atoms with Gasteiger partial charge < -0.3 is 10.3 Å². The number of hydrogen-bond donors (Lipinski definition) is 2. The Labute approximate surface area is 179 Å². The molecule has 0 amide bonds. The van der Waals surface area contributed by atoms with Gasteiger partial charge in [-0.2, -0.15) is 0 Å². The molecule has 2 N–H and O–H groups in total. The van der Waals surface area contributed by atoms with Crippen LogP contribution in [0.5, 0.6) is 0 Å². The summed E-state index contributed by atoms with van der Waals surface area (Å²) in [5.41, 5.74) is 6.04. The average Bonchev–Trinajstić information content (AvgIpc) is 3.50. The number of allylic oxidation sites excluding steroid dienone is 4. The molecule has 1 aromatic heterocycles. The summed E-state index contributed by atoms with van der Waals surface area (Å²) in [6.45, 7) is 5.08. The molecule has 7 atom stereocenters. The van der Waals surface area contributed by atoms with Crippen molar-refractivity contribution >= 4 is 11.3 Å². The fourth-order valence-electron chi connectivity index (χ4n) is 8.03. The van der Waals surface area contributed by atoms with Crippen LogP contribution in [0.2, 0.25) is 0 Å². The highest BCUT2D eigenvalue weighted by Crippen LogP contribution is 2.74. The maximum absolute atomic E-state index is 9.32. The summed E-state index contributed by atoms with van der Waals surface area (Å²) >= 11 is 0. The molecule has 1 heterocycles. The zero-order valence-electron chi connectivity index (χ0n) is 18.4. The molecule has 5 aliphatic carbocycles. The Morgan fingerprint density at radius 3 is 2.70 bits per heavy atom. The Bertz CT molecular complexity index is 920. The van der Waals surface area contributed by atoms with Gasteiger partial charge in [0.15, 0.2) is 0 Å². The van der Waals surface area contributed by atoms with Gasteiger partial charge in [-0.25, -0.2) is 0 Å². The van der Waals surface area contributed by atoms with E-state index in [1.165, 1.54) is 31.2 Å². The molecule has 160 valence electrons. The number of aliphatic hydroxyl groups excluding tert-OH is 1. The number of nitrogens with zero attached hydrogens (tertiary/aromatic N) is 2. The number of oxime groups is 1. The Kier molecular flexibility index (Phi) is 4.70. The largest absolute Gasteiger partial charge is 0.411 e. The molecule has 6 rings (SSSR count). The number of aliphatic hydroxyl groups is 1. The summed E-state index contributed by atoms with van der Waals surface area (Å²) in [7, 11) is 1.00. The lowest BCUT2D eigenvalue weighted by atomic mass is 9.46. The van der Waals surface area contributed by atoms with Gasteiger partial charge in [0.2, 0.25) is 0 Å². The van der Waals surface area contributed by atoms with Crippen LogP contribution in [0.3, 0.4) is 0 Å². The summed E-state index contributed by atoms with van der Waals surface area (Å²) in [4.78, 5) is 4.40. The van der Waals surface area contributed by atoms with E-state index in [0.29, 0.717) is 10.8 Å². The monoisotopic (exact) mass is 406 g/mol. The molecule has 0 saturated heterocycles. The third-order valence-corrected chi connectivity index (χ3v) is 9.45. The second-order valence-electron chi connectivity index (χ2n) is 10.5. The molecule has 5 aliphatic rings. The molecule has 3 fully saturated rings. The zero-order valence-corrected chi connectivity index (χ0v) is 18.4. The normalized spacial score (nSPS) is 44.4. The lowest BCUT2D eigenvalue weighted by Gasteiger charge is -2.57. The Hall–Kier alpha value is -1.94. The Balaban J connectivity index is 0.000000937. The molecule has 0 bridgehead atoms. The van der Waals surface area contributed by atoms with Crippen molar-refractivity contribution in [3.8, 4) is 0 Å². The zero-order chi connectivity index (χ0) is 21.1. The summed E-state index contributed by atoms with van der Waals surface area (Å²) in [5, 5.41) is 19.9. The first-order valence-electron chi connectivity index (χ1n) is 11.5. The van der Waals surface area contributed by atoms with E-state index in [2.05, 4.69) is 54.5 Å². The number of pyridine rings is 1. The summed E-state index contributed by atoms with van der Waals surface area (Å²) in [5.74, 6) is 4.02. The van der Waals surface area contributed by atoms with Crippen molar-refractivity contribution in [2.45, 2.75) is 52.4 Å². The maximum atomic E-state index is 9.32. The van der Waals surface area contributed by atoms with E-state index < -0.39 is 0 Å². The van der Waals surface area contributed by atoms with Gasteiger partial charge in [0, 0.05) is 19.5 Å². The van der Waals surface area contributed by atoms with Crippen molar-refractivity contribution in [2.24, 2.45) is 45.6 Å². The molecule has 30 heavy (non-hydrogen) atoms. The SMILES string of the molecule is CC12CCC3C(C4CC4C4=C/C(=N/O)CCC43C)C1CC=C2c1cccnc1.CO. The smallest absolute Gasteiger partial charge is 0.0795 e. The summed E-state index contributed by atoms with van der Waals surface area (Å²) < 4.78 is 0. The van der Waals surface area contributed by atoms with E-state index >= 15 is 0 Å². The van der Waals surface area contributed by atoms with Gasteiger partial charge in [0.05, 0.1) is 5.71 Å². The fourth-order valence-corrected chi connectivity index (χ4v) is 8.03. The van der Waals surface area contributed by atoms with Gasteiger partial charge >= 0.3 is 0 Å². The number of fused-ring (bicyclic) bond motifs is 8. The van der Waals surface area contributed by atoms with E-state index in [0.717, 1.165) is 55.3 Å². The Morgan fingerprint density at radius 2 is 1.97 bits per heavy atom. The highest BCUT2D eigenvalue weighted by molar-refractivity contribution is 5.96. The summed E-state index contributed by atoms with van der Waals surface area (Å²) in [6.07, 6.45) is 16.1. The predicted octanol–water partition coefficient (Wildman–Crippen LogP) is 5.33. The van der Waals surface area contributed by atoms with Gasteiger partial charge in [0.25, 0.3) is 0 Å². The third kappa shape index (κ3) is 2.62. The molecule has 0 radical (unpaired) electrons. The fraction of sp³-hybridized carbons (Fsp3) is 0.615. The number of rotatable bonds is 1. The van der Waals surface area contributed by atoms with Crippen LogP contribution >= 0.6 is 0 Å². The second kappa shape index (κ2) is 7.05. The van der Waals surface area contributed by atoms with Crippen molar-refractivity contribution in [1.82, 2.24) is 4.98 Å². The molecule has 4 nitrogen and oxygen atoms in total. The lowest BCUT2D eigenvalue weighted by Crippen LogP contribution is -2.51. The molecule has 0 aromatic carbocycles. The van der Waals surface area contributed by atoms with Crippen LogP contribution in [0.1, 0.15) is 57.9 Å². The van der Waals surface area contributed by atoms with Crippen LogP contribution < -0.4 is 0 Å². The maximum Gasteiger partial charge on any atom is 0.0795 e. The van der Waals surface area contributed by atoms with E-state index in [1.807, 2.05) is 6.20 Å². The van der Waals surface area contributed by atoms with Crippen LogP contribution in [0.25, 0.3) is 5.57 Å². The first-order chi connectivity index (χ1) is 14.6. The second-order valence-corrected chi connectivity index (χ2v) is 10.5. The first-order valence-corrected chi connectivity index (χ1v) is 11.5. The molecule has 1 aromatic rings. The van der Waals surface area contributed by atoms with Crippen molar-refractivity contribution in [3.05, 3.63) is 47.8 Å². The van der Waals surface area contributed by atoms with Gasteiger partial charge in [-0.1, -0.05) is 36.7 Å². The molecular formula is C26H34N2O2. The van der Waals surface area contributed by atoms with Crippen LogP contribution in [0.15, 0.2) is 47.4 Å². The van der Waals surface area contributed by atoms with E-state index in [1.54, 1.807) is 11.1 Å². The number of aromatic nitrogens is 1. The highest BCUT2D eigenvalue weighted by atomic mass is 16.4. The standard InChI is InChI=1S/C25H30N2O.CH4O/c1-24-10-8-21-23(20(24)6-5-19(24)15-4-3-11-26-14-15)18-13-17(18)22-12-16(27-28)7-9-25(21,22)2;1-2/h3-5,11-12,14,17-18,20-21,23,28H,6-10,13H2,1-2H3;2H,1H3/b27-16+;. The van der Waals surface area contributed by atoms with Crippen LogP contribution in [0, 0.1) is 40.4 Å². The highest BCUT2D eigenvalue weighted by Gasteiger charge is 2.66. The third-order valence-electron chi connectivity index (χ3n) is 9.45. The van der Waals surface area contributed by atoms with E-state index in [-0.39, 0.29) is 0 Å². The summed E-state index contributed by atoms with van der Waals surface area (Å²) in [6, 6.07) is 4.33. The van der Waals surface area contributed by atoms with Crippen LogP contribution in [-0.2, 0) is 0 Å². The topological polar surface area (TPSA) is 65.7 Å². The first kappa shape index (κ1) is 20.0. The Morgan fingerprint density at radius 1 is 1.13 bits per heavy atom. The molecule has 7 unspecified atom stereocenters. The number of hydrogen-bond acceptors (Lipinski definition) is 4. The van der Waals surface area contributed by atoms with Gasteiger partial charge in [-0.3, -0.25) is 4.98 Å². The van der Waals surface area contributed by atoms with Crippen molar-refractivity contribution in [3.63, 3.8) is 0 Å². The quantitative estimate of drug-likeness (QED) is 0.489.